The van der Waals surface area contributed by atoms with Crippen molar-refractivity contribution in [2.45, 2.75) is 53.0 Å². The molecule has 20 heavy (non-hydrogen) atoms. The summed E-state index contributed by atoms with van der Waals surface area (Å²) in [6.07, 6.45) is 3.86. The zero-order chi connectivity index (χ0) is 14.5. The van der Waals surface area contributed by atoms with Crippen LogP contribution in [0.2, 0.25) is 0 Å². The number of para-hydroxylation sites is 1. The Morgan fingerprint density at radius 1 is 1.10 bits per heavy atom. The van der Waals surface area contributed by atoms with E-state index in [4.69, 9.17) is 4.42 Å². The Labute approximate surface area is 122 Å². The maximum absolute atomic E-state index is 5.99. The average molecular weight is 273 g/mol. The smallest absolute Gasteiger partial charge is 0.134 e. The first-order chi connectivity index (χ1) is 9.59. The summed E-state index contributed by atoms with van der Waals surface area (Å²) < 4.78 is 5.99. The Morgan fingerprint density at radius 3 is 2.55 bits per heavy atom. The lowest BCUT2D eigenvalue weighted by Gasteiger charge is -2.12. The molecular formula is C18H27NO. The van der Waals surface area contributed by atoms with Crippen LogP contribution in [0.3, 0.4) is 0 Å². The molecule has 0 saturated carbocycles. The average Bonchev–Trinajstić information content (AvgIpc) is 2.76. The molecule has 1 aromatic heterocycles. The SMILES string of the molecule is Cc1c(C(C)NCCCCC(C)C)oc2ccccc12. The molecule has 1 unspecified atom stereocenters. The molecule has 0 fully saturated rings. The standard InChI is InChI=1S/C18H27NO/c1-13(2)9-7-8-12-19-15(4)18-14(3)16-10-5-6-11-17(16)20-18/h5-6,10-11,13,15,19H,7-9,12H2,1-4H3. The molecule has 0 spiro atoms. The van der Waals surface area contributed by atoms with Gasteiger partial charge < -0.3 is 9.73 Å². The minimum atomic E-state index is 0.279. The highest BCUT2D eigenvalue weighted by molar-refractivity contribution is 5.82. The number of benzene rings is 1. The highest BCUT2D eigenvalue weighted by Crippen LogP contribution is 2.29. The van der Waals surface area contributed by atoms with Gasteiger partial charge in [0.1, 0.15) is 11.3 Å². The zero-order valence-corrected chi connectivity index (χ0v) is 13.2. The van der Waals surface area contributed by atoms with E-state index in [1.165, 1.54) is 30.2 Å². The van der Waals surface area contributed by atoms with Crippen LogP contribution in [0.25, 0.3) is 11.0 Å². The van der Waals surface area contributed by atoms with Crippen LogP contribution in [0.15, 0.2) is 28.7 Å². The van der Waals surface area contributed by atoms with Crippen molar-refractivity contribution in [1.29, 1.82) is 0 Å². The van der Waals surface area contributed by atoms with E-state index >= 15 is 0 Å². The van der Waals surface area contributed by atoms with E-state index in [0.717, 1.165) is 23.8 Å². The molecule has 2 heteroatoms. The lowest BCUT2D eigenvalue weighted by atomic mass is 10.1. The number of hydrogen-bond acceptors (Lipinski definition) is 2. The minimum Gasteiger partial charge on any atom is -0.459 e. The highest BCUT2D eigenvalue weighted by Gasteiger charge is 2.15. The van der Waals surface area contributed by atoms with Crippen molar-refractivity contribution in [1.82, 2.24) is 5.32 Å². The number of furan rings is 1. The van der Waals surface area contributed by atoms with Crippen LogP contribution in [-0.2, 0) is 0 Å². The van der Waals surface area contributed by atoms with Crippen LogP contribution < -0.4 is 5.32 Å². The molecule has 0 aliphatic heterocycles. The normalized spacial score (nSPS) is 13.2. The molecular weight excluding hydrogens is 246 g/mol. The maximum Gasteiger partial charge on any atom is 0.134 e. The first kappa shape index (κ1) is 15.1. The van der Waals surface area contributed by atoms with E-state index in [1.54, 1.807) is 0 Å². The number of hydrogen-bond donors (Lipinski definition) is 1. The Kier molecular flexibility index (Phi) is 5.24. The lowest BCUT2D eigenvalue weighted by molar-refractivity contribution is 0.435. The van der Waals surface area contributed by atoms with E-state index < -0.39 is 0 Å². The molecule has 1 aromatic carbocycles. The topological polar surface area (TPSA) is 25.2 Å². The van der Waals surface area contributed by atoms with Gasteiger partial charge in [-0.05, 0) is 44.4 Å². The summed E-state index contributed by atoms with van der Waals surface area (Å²) in [5, 5.41) is 4.81. The summed E-state index contributed by atoms with van der Waals surface area (Å²) in [4.78, 5) is 0. The molecule has 0 radical (unpaired) electrons. The van der Waals surface area contributed by atoms with Crippen LogP contribution in [0.4, 0.5) is 0 Å². The van der Waals surface area contributed by atoms with Gasteiger partial charge in [0.25, 0.3) is 0 Å². The Balaban J connectivity index is 1.91. The van der Waals surface area contributed by atoms with E-state index in [0.29, 0.717) is 0 Å². The van der Waals surface area contributed by atoms with E-state index in [9.17, 15) is 0 Å². The molecule has 0 amide bonds. The Bertz CT molecular complexity index is 541. The summed E-state index contributed by atoms with van der Waals surface area (Å²) in [7, 11) is 0. The molecule has 0 aliphatic rings. The fraction of sp³-hybridized carbons (Fsp3) is 0.556. The summed E-state index contributed by atoms with van der Waals surface area (Å²) in [5.74, 6) is 1.89. The van der Waals surface area contributed by atoms with Crippen LogP contribution in [0, 0.1) is 12.8 Å². The van der Waals surface area contributed by atoms with Crippen LogP contribution in [-0.4, -0.2) is 6.54 Å². The van der Waals surface area contributed by atoms with Gasteiger partial charge >= 0.3 is 0 Å². The number of aryl methyl sites for hydroxylation is 1. The summed E-state index contributed by atoms with van der Waals surface area (Å²) in [6, 6.07) is 8.55. The van der Waals surface area contributed by atoms with Gasteiger partial charge in [-0.25, -0.2) is 0 Å². The van der Waals surface area contributed by atoms with Crippen molar-refractivity contribution in [2.24, 2.45) is 5.92 Å². The monoisotopic (exact) mass is 273 g/mol. The molecule has 1 N–H and O–H groups in total. The predicted molar refractivity (Wildman–Crippen MR) is 86.1 cm³/mol. The van der Waals surface area contributed by atoms with E-state index in [1.807, 2.05) is 12.1 Å². The molecule has 110 valence electrons. The fourth-order valence-electron chi connectivity index (χ4n) is 2.70. The van der Waals surface area contributed by atoms with E-state index in [-0.39, 0.29) is 6.04 Å². The predicted octanol–water partition coefficient (Wildman–Crippen LogP) is 5.22. The maximum atomic E-state index is 5.99. The zero-order valence-electron chi connectivity index (χ0n) is 13.2. The van der Waals surface area contributed by atoms with Gasteiger partial charge in [-0.1, -0.05) is 44.9 Å². The number of nitrogens with one attached hydrogen (secondary N) is 1. The molecule has 0 saturated heterocycles. The highest BCUT2D eigenvalue weighted by atomic mass is 16.3. The minimum absolute atomic E-state index is 0.279. The van der Waals surface area contributed by atoms with Crippen LogP contribution in [0.5, 0.6) is 0 Å². The van der Waals surface area contributed by atoms with Gasteiger partial charge in [-0.15, -0.1) is 0 Å². The number of fused-ring (bicyclic) bond motifs is 1. The summed E-state index contributed by atoms with van der Waals surface area (Å²) >= 11 is 0. The van der Waals surface area contributed by atoms with Gasteiger partial charge in [0.2, 0.25) is 0 Å². The second-order valence-corrected chi connectivity index (χ2v) is 6.15. The van der Waals surface area contributed by atoms with Crippen molar-refractivity contribution < 1.29 is 4.42 Å². The molecule has 1 heterocycles. The van der Waals surface area contributed by atoms with Crippen molar-refractivity contribution in [2.75, 3.05) is 6.54 Å². The third kappa shape index (κ3) is 3.63. The summed E-state index contributed by atoms with van der Waals surface area (Å²) in [6.45, 7) is 9.97. The second kappa shape index (κ2) is 6.94. The van der Waals surface area contributed by atoms with Crippen molar-refractivity contribution in [3.63, 3.8) is 0 Å². The van der Waals surface area contributed by atoms with Gasteiger partial charge in [0.15, 0.2) is 0 Å². The van der Waals surface area contributed by atoms with Crippen molar-refractivity contribution in [3.05, 3.63) is 35.6 Å². The summed E-state index contributed by atoms with van der Waals surface area (Å²) in [5.41, 5.74) is 2.26. The third-order valence-corrected chi connectivity index (χ3v) is 3.93. The Hall–Kier alpha value is -1.28. The molecule has 0 bridgehead atoms. The van der Waals surface area contributed by atoms with Gasteiger partial charge in [-0.2, -0.15) is 0 Å². The molecule has 2 aromatic rings. The fourth-order valence-corrected chi connectivity index (χ4v) is 2.70. The van der Waals surface area contributed by atoms with Crippen molar-refractivity contribution >= 4 is 11.0 Å². The largest absolute Gasteiger partial charge is 0.459 e. The molecule has 1 atom stereocenters. The first-order valence-corrected chi connectivity index (χ1v) is 7.81. The van der Waals surface area contributed by atoms with Crippen LogP contribution >= 0.6 is 0 Å². The number of rotatable bonds is 7. The molecule has 2 nitrogen and oxygen atoms in total. The van der Waals surface area contributed by atoms with Gasteiger partial charge in [0, 0.05) is 5.39 Å². The molecule has 0 aliphatic carbocycles. The van der Waals surface area contributed by atoms with E-state index in [2.05, 4.69) is 45.1 Å². The van der Waals surface area contributed by atoms with Crippen LogP contribution in [0.1, 0.15) is 57.4 Å². The molecule has 2 rings (SSSR count). The first-order valence-electron chi connectivity index (χ1n) is 7.81. The van der Waals surface area contributed by atoms with Gasteiger partial charge in [-0.3, -0.25) is 0 Å². The Morgan fingerprint density at radius 2 is 1.85 bits per heavy atom. The second-order valence-electron chi connectivity index (χ2n) is 6.15. The quantitative estimate of drug-likeness (QED) is 0.700. The van der Waals surface area contributed by atoms with Gasteiger partial charge in [0.05, 0.1) is 6.04 Å². The van der Waals surface area contributed by atoms with Crippen molar-refractivity contribution in [3.8, 4) is 0 Å². The third-order valence-electron chi connectivity index (χ3n) is 3.93. The lowest BCUT2D eigenvalue weighted by Crippen LogP contribution is -2.20. The number of unbranched alkanes of at least 4 members (excludes halogenated alkanes) is 1.